The average molecular weight is 545 g/mol. The molecule has 5 N–H and O–H groups in total. The number of benzene rings is 1. The van der Waals surface area contributed by atoms with Crippen molar-refractivity contribution in [3.63, 3.8) is 0 Å². The molecule has 0 amide bonds. The summed E-state index contributed by atoms with van der Waals surface area (Å²) in [5, 5.41) is 41.6. The molecule has 0 bridgehead atoms. The number of nitrogens with zero attached hydrogens (tertiary/aromatic N) is 1. The van der Waals surface area contributed by atoms with Gasteiger partial charge in [-0.2, -0.15) is 0 Å². The molecule has 0 unspecified atom stereocenters. The van der Waals surface area contributed by atoms with Crippen LogP contribution in [0.5, 0.6) is 0 Å². The number of esters is 1. The molecule has 212 valence electrons. The third kappa shape index (κ3) is 5.00. The van der Waals surface area contributed by atoms with Crippen molar-refractivity contribution in [2.75, 3.05) is 27.3 Å². The molecular formula is C28H36N2O9. The van der Waals surface area contributed by atoms with Gasteiger partial charge in [-0.1, -0.05) is 24.3 Å². The summed E-state index contributed by atoms with van der Waals surface area (Å²) in [5.74, 6) is -1.54. The van der Waals surface area contributed by atoms with Gasteiger partial charge in [0.25, 0.3) is 0 Å². The number of likely N-dealkylation sites (N-methyl/N-ethyl adjacent to an activating group) is 1. The molecule has 11 heteroatoms. The summed E-state index contributed by atoms with van der Waals surface area (Å²) in [6, 6.07) is 8.12. The van der Waals surface area contributed by atoms with Crippen molar-refractivity contribution in [1.82, 2.24) is 9.88 Å². The number of ether oxygens (including phenoxy) is 4. The highest BCUT2D eigenvalue weighted by Gasteiger charge is 2.48. The fraction of sp³-hybridized carbons (Fsp3) is 0.536. The van der Waals surface area contributed by atoms with E-state index in [2.05, 4.69) is 28.6 Å². The van der Waals surface area contributed by atoms with E-state index in [0.717, 1.165) is 24.2 Å². The van der Waals surface area contributed by atoms with Crippen molar-refractivity contribution >= 4 is 16.9 Å². The van der Waals surface area contributed by atoms with Crippen LogP contribution in [-0.2, 0) is 30.2 Å². The molecule has 2 aromatic rings. The molecule has 1 saturated heterocycles. The lowest BCUT2D eigenvalue weighted by Gasteiger charge is -2.44. The van der Waals surface area contributed by atoms with E-state index < -0.39 is 61.4 Å². The molecule has 1 fully saturated rings. The molecule has 0 aliphatic carbocycles. The summed E-state index contributed by atoms with van der Waals surface area (Å²) < 4.78 is 22.3. The summed E-state index contributed by atoms with van der Waals surface area (Å²) in [4.78, 5) is 18.7. The van der Waals surface area contributed by atoms with Crippen molar-refractivity contribution in [2.45, 2.75) is 55.9 Å². The van der Waals surface area contributed by atoms with Gasteiger partial charge in [-0.15, -0.1) is 6.58 Å². The highest BCUT2D eigenvalue weighted by atomic mass is 16.8. The van der Waals surface area contributed by atoms with E-state index >= 15 is 0 Å². The number of H-pyrrole nitrogens is 1. The number of para-hydroxylation sites is 1. The van der Waals surface area contributed by atoms with Crippen LogP contribution in [0, 0.1) is 11.8 Å². The second-order valence-electron chi connectivity index (χ2n) is 10.4. The van der Waals surface area contributed by atoms with E-state index in [1.54, 1.807) is 6.08 Å². The van der Waals surface area contributed by atoms with Crippen molar-refractivity contribution in [3.8, 4) is 0 Å². The van der Waals surface area contributed by atoms with Crippen LogP contribution in [0.2, 0.25) is 0 Å². The van der Waals surface area contributed by atoms with Crippen molar-refractivity contribution in [2.24, 2.45) is 11.8 Å². The Hall–Kier alpha value is -2.77. The van der Waals surface area contributed by atoms with Crippen LogP contribution in [-0.4, -0.2) is 101 Å². The maximum atomic E-state index is 12.8. The first-order valence-corrected chi connectivity index (χ1v) is 13.1. The molecule has 3 aliphatic heterocycles. The van der Waals surface area contributed by atoms with Crippen LogP contribution in [0.3, 0.4) is 0 Å². The van der Waals surface area contributed by atoms with Crippen LogP contribution in [0.25, 0.3) is 10.9 Å². The highest BCUT2D eigenvalue weighted by molar-refractivity contribution is 5.89. The normalized spacial score (nSPS) is 35.1. The van der Waals surface area contributed by atoms with Gasteiger partial charge >= 0.3 is 5.97 Å². The Morgan fingerprint density at radius 1 is 1.21 bits per heavy atom. The van der Waals surface area contributed by atoms with Gasteiger partial charge in [0.2, 0.25) is 6.29 Å². The van der Waals surface area contributed by atoms with E-state index in [9.17, 15) is 25.2 Å². The summed E-state index contributed by atoms with van der Waals surface area (Å²) >= 11 is 0. The van der Waals surface area contributed by atoms with Gasteiger partial charge in [-0.05, 0) is 31.5 Å². The number of hydrogen-bond acceptors (Lipinski definition) is 10. The van der Waals surface area contributed by atoms with Crippen LogP contribution < -0.4 is 0 Å². The SMILES string of the molecule is C=C[C@H]1[C@H](O[C@@H]2O[C@H](CO)[C@@H](O)[C@H](O)[C@H]2O)OC=C(C(=O)OC)[C@H]1C[C@@H]1c2[nH]c3ccccc3c2CCN1C. The van der Waals surface area contributed by atoms with Gasteiger partial charge in [-0.3, -0.25) is 4.90 Å². The monoisotopic (exact) mass is 544 g/mol. The Morgan fingerprint density at radius 2 is 1.97 bits per heavy atom. The summed E-state index contributed by atoms with van der Waals surface area (Å²) in [6.07, 6.45) is -3.95. The Balaban J connectivity index is 1.45. The molecule has 1 aromatic carbocycles. The van der Waals surface area contributed by atoms with Crippen molar-refractivity contribution in [1.29, 1.82) is 0 Å². The quantitative estimate of drug-likeness (QED) is 0.249. The number of methoxy groups -OCH3 is 1. The summed E-state index contributed by atoms with van der Waals surface area (Å²) in [6.45, 7) is 4.22. The van der Waals surface area contributed by atoms with Gasteiger partial charge in [0, 0.05) is 35.0 Å². The van der Waals surface area contributed by atoms with Crippen LogP contribution in [0.15, 0.2) is 48.8 Å². The first-order valence-electron chi connectivity index (χ1n) is 13.1. The van der Waals surface area contributed by atoms with E-state index in [1.807, 2.05) is 19.2 Å². The second kappa shape index (κ2) is 11.4. The minimum atomic E-state index is -1.60. The molecule has 1 aromatic heterocycles. The topological polar surface area (TPSA) is 154 Å². The van der Waals surface area contributed by atoms with Crippen LogP contribution in [0.4, 0.5) is 0 Å². The van der Waals surface area contributed by atoms with E-state index in [1.165, 1.54) is 24.3 Å². The summed E-state index contributed by atoms with van der Waals surface area (Å²) in [5.41, 5.74) is 3.73. The van der Waals surface area contributed by atoms with Gasteiger partial charge < -0.3 is 44.4 Å². The maximum Gasteiger partial charge on any atom is 0.337 e. The van der Waals surface area contributed by atoms with Crippen LogP contribution >= 0.6 is 0 Å². The zero-order valence-electron chi connectivity index (χ0n) is 22.0. The maximum absolute atomic E-state index is 12.8. The smallest absolute Gasteiger partial charge is 0.337 e. The second-order valence-corrected chi connectivity index (χ2v) is 10.4. The van der Waals surface area contributed by atoms with E-state index in [0.29, 0.717) is 12.0 Å². The Morgan fingerprint density at radius 3 is 2.69 bits per heavy atom. The van der Waals surface area contributed by atoms with Gasteiger partial charge in [0.1, 0.15) is 24.4 Å². The number of carbonyl (C=O) groups is 1. The minimum absolute atomic E-state index is 0.0623. The van der Waals surface area contributed by atoms with Crippen LogP contribution in [0.1, 0.15) is 23.7 Å². The predicted molar refractivity (Wildman–Crippen MR) is 139 cm³/mol. The Bertz CT molecular complexity index is 1230. The fourth-order valence-corrected chi connectivity index (χ4v) is 6.00. The van der Waals surface area contributed by atoms with E-state index in [-0.39, 0.29) is 6.04 Å². The molecule has 4 heterocycles. The zero-order chi connectivity index (χ0) is 27.8. The van der Waals surface area contributed by atoms with Crippen molar-refractivity contribution < 1.29 is 44.2 Å². The number of aliphatic hydroxyl groups excluding tert-OH is 4. The number of fused-ring (bicyclic) bond motifs is 3. The molecule has 39 heavy (non-hydrogen) atoms. The number of hydrogen-bond donors (Lipinski definition) is 5. The molecular weight excluding hydrogens is 508 g/mol. The number of rotatable bonds is 7. The lowest BCUT2D eigenvalue weighted by Crippen LogP contribution is -2.60. The lowest BCUT2D eigenvalue weighted by molar-refractivity contribution is -0.339. The number of aromatic amines is 1. The zero-order valence-corrected chi connectivity index (χ0v) is 22.0. The largest absolute Gasteiger partial charge is 0.471 e. The molecule has 0 spiro atoms. The third-order valence-corrected chi connectivity index (χ3v) is 8.22. The molecule has 5 rings (SSSR count). The summed E-state index contributed by atoms with van der Waals surface area (Å²) in [7, 11) is 3.35. The standard InChI is InChI=1S/C28H36N2O9/c1-4-14-17(11-20-22-16(9-10-30(20)2)15-7-5-6-8-19(15)29-22)18(26(35)36-3)13-37-27(14)39-28-25(34)24(33)23(32)21(12-31)38-28/h4-8,13-14,17,20-21,23-25,27-29,31-34H,1,9-12H2,2-3H3/t14-,17+,20-,21-,23-,24+,25-,27+,28+/m1/s1. The van der Waals surface area contributed by atoms with Gasteiger partial charge in [0.15, 0.2) is 6.29 Å². The van der Waals surface area contributed by atoms with Crippen molar-refractivity contribution in [3.05, 3.63) is 60.0 Å². The minimum Gasteiger partial charge on any atom is -0.471 e. The average Bonchev–Trinajstić information content (AvgIpc) is 3.33. The van der Waals surface area contributed by atoms with Gasteiger partial charge in [0.05, 0.1) is 31.6 Å². The molecule has 3 aliphatic rings. The molecule has 11 nitrogen and oxygen atoms in total. The molecule has 0 radical (unpaired) electrons. The number of nitrogens with one attached hydrogen (secondary N) is 1. The fourth-order valence-electron chi connectivity index (χ4n) is 6.00. The number of carbonyl (C=O) groups excluding carboxylic acids is 1. The number of aliphatic hydroxyl groups is 4. The third-order valence-electron chi connectivity index (χ3n) is 8.22. The first kappa shape index (κ1) is 27.8. The number of aromatic nitrogens is 1. The first-order chi connectivity index (χ1) is 18.8. The lowest BCUT2D eigenvalue weighted by atomic mass is 9.78. The Kier molecular flexibility index (Phi) is 8.11. The molecule has 9 atom stereocenters. The Labute approximate surface area is 226 Å². The van der Waals surface area contributed by atoms with Gasteiger partial charge in [-0.25, -0.2) is 4.79 Å². The van der Waals surface area contributed by atoms with E-state index in [4.69, 9.17) is 18.9 Å². The highest BCUT2D eigenvalue weighted by Crippen LogP contribution is 2.44. The predicted octanol–water partition coefficient (Wildman–Crippen LogP) is 0.735. The molecule has 0 saturated carbocycles.